The maximum absolute atomic E-state index is 13.1. The average Bonchev–Trinajstić information content (AvgIpc) is 2.87. The molecule has 1 atom stereocenters. The molecule has 1 aliphatic rings. The highest BCUT2D eigenvalue weighted by Gasteiger charge is 2.26. The number of hydrogen-bond acceptors (Lipinski definition) is 4. The fourth-order valence-electron chi connectivity index (χ4n) is 4.51. The fourth-order valence-corrected chi connectivity index (χ4v) is 5.95. The SMILES string of the molecule is CN(CC(CCN1CCN(c2ccccc2)CC1)c1cccc(Cl)c1)S(=O)(=O)c1ccccc1. The summed E-state index contributed by atoms with van der Waals surface area (Å²) >= 11 is 6.29. The molecule has 0 amide bonds. The van der Waals surface area contributed by atoms with Crippen LogP contribution in [0.4, 0.5) is 5.69 Å². The number of nitrogens with zero attached hydrogens (tertiary/aromatic N) is 3. The average molecular weight is 498 g/mol. The molecule has 0 N–H and O–H groups in total. The number of likely N-dealkylation sites (N-methyl/N-ethyl adjacent to an activating group) is 1. The van der Waals surface area contributed by atoms with Crippen molar-refractivity contribution in [2.75, 3.05) is 51.2 Å². The number of sulfonamides is 1. The van der Waals surface area contributed by atoms with E-state index in [4.69, 9.17) is 11.6 Å². The number of rotatable bonds is 9. The molecule has 0 saturated carbocycles. The molecular formula is C27H32ClN3O2S. The molecule has 3 aromatic carbocycles. The largest absolute Gasteiger partial charge is 0.369 e. The molecule has 0 aliphatic carbocycles. The molecule has 0 aromatic heterocycles. The van der Waals surface area contributed by atoms with Gasteiger partial charge in [0.25, 0.3) is 0 Å². The molecule has 0 radical (unpaired) electrons. The predicted molar refractivity (Wildman–Crippen MR) is 140 cm³/mol. The van der Waals surface area contributed by atoms with E-state index in [1.165, 1.54) is 9.99 Å². The lowest BCUT2D eigenvalue weighted by Crippen LogP contribution is -2.47. The third-order valence-corrected chi connectivity index (χ3v) is 8.61. The van der Waals surface area contributed by atoms with Crippen LogP contribution in [0.1, 0.15) is 17.9 Å². The summed E-state index contributed by atoms with van der Waals surface area (Å²) in [6.07, 6.45) is 0.861. The zero-order chi connectivity index (χ0) is 24.0. The molecule has 0 spiro atoms. The second-order valence-corrected chi connectivity index (χ2v) is 11.3. The summed E-state index contributed by atoms with van der Waals surface area (Å²) in [4.78, 5) is 5.22. The van der Waals surface area contributed by atoms with E-state index in [2.05, 4.69) is 34.1 Å². The van der Waals surface area contributed by atoms with E-state index in [-0.39, 0.29) is 5.92 Å². The molecule has 7 heteroatoms. The minimum atomic E-state index is -3.55. The lowest BCUT2D eigenvalue weighted by molar-refractivity contribution is 0.244. The minimum absolute atomic E-state index is 0.0503. The number of benzene rings is 3. The van der Waals surface area contributed by atoms with Gasteiger partial charge in [-0.3, -0.25) is 4.90 Å². The monoisotopic (exact) mass is 497 g/mol. The number of halogens is 1. The Labute approximate surface area is 208 Å². The summed E-state index contributed by atoms with van der Waals surface area (Å²) in [6.45, 7) is 5.30. The number of hydrogen-bond donors (Lipinski definition) is 0. The van der Waals surface area contributed by atoms with Crippen LogP contribution in [0.25, 0.3) is 0 Å². The highest BCUT2D eigenvalue weighted by molar-refractivity contribution is 7.89. The zero-order valence-corrected chi connectivity index (χ0v) is 21.1. The quantitative estimate of drug-likeness (QED) is 0.419. The Morgan fingerprint density at radius 2 is 1.53 bits per heavy atom. The normalized spacial score (nSPS) is 16.0. The molecule has 3 aromatic rings. The topological polar surface area (TPSA) is 43.9 Å². The van der Waals surface area contributed by atoms with E-state index in [0.717, 1.165) is 44.7 Å². The Hall–Kier alpha value is -2.38. The Balaban J connectivity index is 1.42. The lowest BCUT2D eigenvalue weighted by atomic mass is 9.95. The van der Waals surface area contributed by atoms with Gasteiger partial charge in [-0.25, -0.2) is 12.7 Å². The van der Waals surface area contributed by atoms with Crippen molar-refractivity contribution >= 4 is 27.3 Å². The van der Waals surface area contributed by atoms with E-state index >= 15 is 0 Å². The highest BCUT2D eigenvalue weighted by atomic mass is 35.5. The second kappa shape index (κ2) is 11.4. The maximum atomic E-state index is 13.1. The molecule has 0 bridgehead atoms. The first-order valence-corrected chi connectivity index (χ1v) is 13.5. The van der Waals surface area contributed by atoms with Gasteiger partial charge >= 0.3 is 0 Å². The fraction of sp³-hybridized carbons (Fsp3) is 0.333. The number of para-hydroxylation sites is 1. The molecule has 4 rings (SSSR count). The van der Waals surface area contributed by atoms with E-state index in [9.17, 15) is 8.42 Å². The van der Waals surface area contributed by atoms with Crippen LogP contribution in [-0.4, -0.2) is 63.9 Å². The lowest BCUT2D eigenvalue weighted by Gasteiger charge is -2.37. The minimum Gasteiger partial charge on any atom is -0.369 e. The summed E-state index contributed by atoms with van der Waals surface area (Å²) in [6, 6.07) is 27.0. The molecule has 180 valence electrons. The first-order chi connectivity index (χ1) is 16.4. The molecule has 1 heterocycles. The van der Waals surface area contributed by atoms with Crippen molar-refractivity contribution in [1.29, 1.82) is 0 Å². The van der Waals surface area contributed by atoms with Crippen LogP contribution >= 0.6 is 11.6 Å². The van der Waals surface area contributed by atoms with Crippen molar-refractivity contribution in [3.63, 3.8) is 0 Å². The van der Waals surface area contributed by atoms with Gasteiger partial charge in [0.2, 0.25) is 10.0 Å². The third kappa shape index (κ3) is 6.19. The van der Waals surface area contributed by atoms with Crippen molar-refractivity contribution in [3.05, 3.63) is 95.5 Å². The van der Waals surface area contributed by atoms with Crippen LogP contribution in [0, 0.1) is 0 Å². The van der Waals surface area contributed by atoms with Gasteiger partial charge in [0.1, 0.15) is 0 Å². The van der Waals surface area contributed by atoms with E-state index < -0.39 is 10.0 Å². The number of anilines is 1. The van der Waals surface area contributed by atoms with Gasteiger partial charge in [-0.05, 0) is 60.8 Å². The van der Waals surface area contributed by atoms with Gasteiger partial charge in [0, 0.05) is 50.5 Å². The van der Waals surface area contributed by atoms with E-state index in [1.54, 1.807) is 31.3 Å². The molecule has 1 unspecified atom stereocenters. The smallest absolute Gasteiger partial charge is 0.242 e. The molecule has 1 fully saturated rings. The predicted octanol–water partition coefficient (Wildman–Crippen LogP) is 4.96. The summed E-state index contributed by atoms with van der Waals surface area (Å²) in [5, 5.41) is 0.674. The van der Waals surface area contributed by atoms with Crippen molar-refractivity contribution in [2.45, 2.75) is 17.2 Å². The first kappa shape index (κ1) is 24.7. The second-order valence-electron chi connectivity index (χ2n) is 8.80. The summed E-state index contributed by atoms with van der Waals surface area (Å²) in [5.74, 6) is 0.0503. The standard InChI is InChI=1S/C27H32ClN3O2S/c1-29(34(32,33)27-13-6-3-7-14-27)22-24(23-9-8-10-25(28)21-23)15-16-30-17-19-31(20-18-30)26-11-4-2-5-12-26/h2-14,21,24H,15-20,22H2,1H3. The Bertz CT molecular complexity index is 1150. The highest BCUT2D eigenvalue weighted by Crippen LogP contribution is 2.27. The van der Waals surface area contributed by atoms with Gasteiger partial charge in [-0.1, -0.05) is 60.1 Å². The van der Waals surface area contributed by atoms with Gasteiger partial charge < -0.3 is 4.90 Å². The Morgan fingerprint density at radius 3 is 2.18 bits per heavy atom. The van der Waals surface area contributed by atoms with Crippen LogP contribution in [0.15, 0.2) is 89.8 Å². The Kier molecular flexibility index (Phi) is 8.27. The first-order valence-electron chi connectivity index (χ1n) is 11.7. The number of piperazine rings is 1. The molecule has 1 saturated heterocycles. The van der Waals surface area contributed by atoms with Crippen LogP contribution in [-0.2, 0) is 10.0 Å². The van der Waals surface area contributed by atoms with Crippen LogP contribution in [0.3, 0.4) is 0 Å². The molecule has 34 heavy (non-hydrogen) atoms. The maximum Gasteiger partial charge on any atom is 0.242 e. The summed E-state index contributed by atoms with van der Waals surface area (Å²) in [7, 11) is -1.89. The van der Waals surface area contributed by atoms with Crippen molar-refractivity contribution < 1.29 is 8.42 Å². The van der Waals surface area contributed by atoms with Gasteiger partial charge in [-0.15, -0.1) is 0 Å². The van der Waals surface area contributed by atoms with Crippen LogP contribution in [0.2, 0.25) is 5.02 Å². The van der Waals surface area contributed by atoms with Gasteiger partial charge in [0.15, 0.2) is 0 Å². The van der Waals surface area contributed by atoms with Crippen LogP contribution < -0.4 is 4.90 Å². The van der Waals surface area contributed by atoms with Crippen molar-refractivity contribution in [2.24, 2.45) is 0 Å². The van der Waals surface area contributed by atoms with E-state index in [0.29, 0.717) is 16.5 Å². The van der Waals surface area contributed by atoms with Gasteiger partial charge in [0.05, 0.1) is 4.90 Å². The molecule has 1 aliphatic heterocycles. The van der Waals surface area contributed by atoms with E-state index in [1.807, 2.05) is 36.4 Å². The zero-order valence-electron chi connectivity index (χ0n) is 19.6. The molecule has 5 nitrogen and oxygen atoms in total. The third-order valence-electron chi connectivity index (χ3n) is 6.54. The Morgan fingerprint density at radius 1 is 0.882 bits per heavy atom. The van der Waals surface area contributed by atoms with Crippen LogP contribution in [0.5, 0.6) is 0 Å². The molecular weight excluding hydrogens is 466 g/mol. The summed E-state index contributed by atoms with van der Waals surface area (Å²) in [5.41, 5.74) is 2.34. The van der Waals surface area contributed by atoms with Gasteiger partial charge in [-0.2, -0.15) is 0 Å². The summed E-state index contributed by atoms with van der Waals surface area (Å²) < 4.78 is 27.7. The van der Waals surface area contributed by atoms with Crippen molar-refractivity contribution in [3.8, 4) is 0 Å². The van der Waals surface area contributed by atoms with Crippen molar-refractivity contribution in [1.82, 2.24) is 9.21 Å².